The van der Waals surface area contributed by atoms with Crippen LogP contribution in [0.1, 0.15) is 12.0 Å². The first-order chi connectivity index (χ1) is 4.93. The average molecular weight is 136 g/mol. The summed E-state index contributed by atoms with van der Waals surface area (Å²) in [7, 11) is 0. The highest BCUT2D eigenvalue weighted by Gasteiger charge is 1.89. The van der Waals surface area contributed by atoms with Crippen molar-refractivity contribution >= 4 is 6.29 Å². The van der Waals surface area contributed by atoms with Crippen LogP contribution in [-0.2, 0) is 11.2 Å². The van der Waals surface area contributed by atoms with Gasteiger partial charge in [-0.25, -0.2) is 0 Å². The normalized spacial score (nSPS) is 9.20. The number of carbonyl (C=O) groups is 1. The molecule has 52 valence electrons. The summed E-state index contributed by atoms with van der Waals surface area (Å²) in [6.45, 7) is 0. The molecule has 0 atom stereocenters. The van der Waals surface area contributed by atoms with E-state index in [-0.39, 0.29) is 0 Å². The molecule has 0 aliphatic rings. The summed E-state index contributed by atoms with van der Waals surface area (Å²) in [5.74, 6) is 0. The summed E-state index contributed by atoms with van der Waals surface area (Å²) >= 11 is 0. The molecule has 0 aliphatic carbocycles. The number of aryl methyl sites for hydroxylation is 1. The van der Waals surface area contributed by atoms with Crippen LogP contribution in [0.25, 0.3) is 0 Å². The lowest BCUT2D eigenvalue weighted by atomic mass is 10.2. The molecule has 0 bridgehead atoms. The molecule has 1 aromatic rings. The molecule has 1 heterocycles. The van der Waals surface area contributed by atoms with Gasteiger partial charge < -0.3 is 4.79 Å². The first-order valence-electron chi connectivity index (χ1n) is 3.12. The standard InChI is InChI=1S/C7H8N2O/c10-5-1-2-7-3-4-8-9-6-7/h3-6H,1-2H2. The molecule has 0 fully saturated rings. The maximum Gasteiger partial charge on any atom is 0.120 e. The minimum absolute atomic E-state index is 0.561. The number of aromatic nitrogens is 2. The SMILES string of the molecule is O=CCCc1ccnnc1. The van der Waals surface area contributed by atoms with Crippen molar-refractivity contribution in [2.45, 2.75) is 12.8 Å². The van der Waals surface area contributed by atoms with Crippen molar-refractivity contribution in [1.82, 2.24) is 10.2 Å². The average Bonchev–Trinajstić information content (AvgIpc) is 2.03. The Bertz CT molecular complexity index is 198. The number of aldehydes is 1. The summed E-state index contributed by atoms with van der Waals surface area (Å²) < 4.78 is 0. The minimum Gasteiger partial charge on any atom is -0.303 e. The third kappa shape index (κ3) is 1.93. The summed E-state index contributed by atoms with van der Waals surface area (Å²) in [5, 5.41) is 7.29. The fourth-order valence-electron chi connectivity index (χ4n) is 0.692. The molecule has 0 unspecified atom stereocenters. The van der Waals surface area contributed by atoms with Crippen LogP contribution in [0.2, 0.25) is 0 Å². The van der Waals surface area contributed by atoms with E-state index in [1.54, 1.807) is 12.4 Å². The van der Waals surface area contributed by atoms with Crippen molar-refractivity contribution < 1.29 is 4.79 Å². The Morgan fingerprint density at radius 1 is 1.50 bits per heavy atom. The molecule has 0 saturated carbocycles. The highest BCUT2D eigenvalue weighted by molar-refractivity contribution is 5.49. The maximum absolute atomic E-state index is 9.94. The third-order valence-corrected chi connectivity index (χ3v) is 1.20. The van der Waals surface area contributed by atoms with E-state index in [0.29, 0.717) is 6.42 Å². The first-order valence-corrected chi connectivity index (χ1v) is 3.12. The quantitative estimate of drug-likeness (QED) is 0.572. The zero-order chi connectivity index (χ0) is 7.23. The molecule has 3 nitrogen and oxygen atoms in total. The molecule has 1 aromatic heterocycles. The number of hydrogen-bond acceptors (Lipinski definition) is 3. The zero-order valence-corrected chi connectivity index (χ0v) is 5.53. The highest BCUT2D eigenvalue weighted by Crippen LogP contribution is 1.96. The lowest BCUT2D eigenvalue weighted by molar-refractivity contribution is -0.107. The van der Waals surface area contributed by atoms with Gasteiger partial charge in [0.1, 0.15) is 6.29 Å². The number of hydrogen-bond donors (Lipinski definition) is 0. The fraction of sp³-hybridized carbons (Fsp3) is 0.286. The van der Waals surface area contributed by atoms with Crippen LogP contribution in [0.15, 0.2) is 18.5 Å². The molecule has 0 aliphatic heterocycles. The van der Waals surface area contributed by atoms with E-state index in [9.17, 15) is 4.79 Å². The summed E-state index contributed by atoms with van der Waals surface area (Å²) in [6.07, 6.45) is 5.52. The number of nitrogens with zero attached hydrogens (tertiary/aromatic N) is 2. The Balaban J connectivity index is 2.50. The molecular formula is C7H8N2O. The summed E-state index contributed by atoms with van der Waals surface area (Å²) in [5.41, 5.74) is 1.06. The van der Waals surface area contributed by atoms with Gasteiger partial charge >= 0.3 is 0 Å². The summed E-state index contributed by atoms with van der Waals surface area (Å²) in [6, 6.07) is 1.86. The Labute approximate surface area is 59.1 Å². The van der Waals surface area contributed by atoms with E-state index in [4.69, 9.17) is 0 Å². The molecular weight excluding hydrogens is 128 g/mol. The molecule has 3 heteroatoms. The fourth-order valence-corrected chi connectivity index (χ4v) is 0.692. The second-order valence-corrected chi connectivity index (χ2v) is 1.96. The largest absolute Gasteiger partial charge is 0.303 e. The monoisotopic (exact) mass is 136 g/mol. The van der Waals surface area contributed by atoms with Crippen LogP contribution in [-0.4, -0.2) is 16.5 Å². The second-order valence-electron chi connectivity index (χ2n) is 1.96. The van der Waals surface area contributed by atoms with Gasteiger partial charge in [0.25, 0.3) is 0 Å². The molecule has 1 rings (SSSR count). The van der Waals surface area contributed by atoms with Crippen molar-refractivity contribution in [2.75, 3.05) is 0 Å². The molecule has 0 saturated heterocycles. The van der Waals surface area contributed by atoms with Crippen molar-refractivity contribution in [2.24, 2.45) is 0 Å². The van der Waals surface area contributed by atoms with Gasteiger partial charge in [-0.2, -0.15) is 10.2 Å². The van der Waals surface area contributed by atoms with Crippen LogP contribution in [0, 0.1) is 0 Å². The van der Waals surface area contributed by atoms with E-state index in [2.05, 4.69) is 10.2 Å². The molecule has 0 aromatic carbocycles. The van der Waals surface area contributed by atoms with Crippen LogP contribution < -0.4 is 0 Å². The predicted octanol–water partition coefficient (Wildman–Crippen LogP) is 0.608. The minimum atomic E-state index is 0.561. The van der Waals surface area contributed by atoms with Crippen LogP contribution in [0.4, 0.5) is 0 Å². The van der Waals surface area contributed by atoms with Gasteiger partial charge in [-0.05, 0) is 18.1 Å². The maximum atomic E-state index is 9.94. The van der Waals surface area contributed by atoms with Gasteiger partial charge in [0.15, 0.2) is 0 Å². The van der Waals surface area contributed by atoms with E-state index in [0.717, 1.165) is 18.3 Å². The smallest absolute Gasteiger partial charge is 0.120 e. The van der Waals surface area contributed by atoms with Crippen molar-refractivity contribution in [3.63, 3.8) is 0 Å². The van der Waals surface area contributed by atoms with Crippen molar-refractivity contribution in [1.29, 1.82) is 0 Å². The van der Waals surface area contributed by atoms with Gasteiger partial charge in [0.2, 0.25) is 0 Å². The predicted molar refractivity (Wildman–Crippen MR) is 36.4 cm³/mol. The Hall–Kier alpha value is -1.25. The molecule has 0 spiro atoms. The van der Waals surface area contributed by atoms with Crippen molar-refractivity contribution in [3.05, 3.63) is 24.0 Å². The van der Waals surface area contributed by atoms with Gasteiger partial charge in [-0.15, -0.1) is 0 Å². The lowest BCUT2D eigenvalue weighted by Crippen LogP contribution is -1.87. The van der Waals surface area contributed by atoms with Gasteiger partial charge in [-0.3, -0.25) is 0 Å². The van der Waals surface area contributed by atoms with Gasteiger partial charge in [0, 0.05) is 12.6 Å². The van der Waals surface area contributed by atoms with E-state index < -0.39 is 0 Å². The Morgan fingerprint density at radius 2 is 2.40 bits per heavy atom. The highest BCUT2D eigenvalue weighted by atomic mass is 16.1. The van der Waals surface area contributed by atoms with Crippen LogP contribution in [0.3, 0.4) is 0 Å². The van der Waals surface area contributed by atoms with E-state index in [1.807, 2.05) is 6.07 Å². The molecule has 0 N–H and O–H groups in total. The van der Waals surface area contributed by atoms with Gasteiger partial charge in [-0.1, -0.05) is 0 Å². The van der Waals surface area contributed by atoms with Gasteiger partial charge in [0.05, 0.1) is 6.20 Å². The number of rotatable bonds is 3. The summed E-state index contributed by atoms with van der Waals surface area (Å²) in [4.78, 5) is 9.94. The van der Waals surface area contributed by atoms with E-state index in [1.165, 1.54) is 0 Å². The number of carbonyl (C=O) groups excluding carboxylic acids is 1. The lowest BCUT2D eigenvalue weighted by Gasteiger charge is -1.91. The van der Waals surface area contributed by atoms with Crippen molar-refractivity contribution in [3.8, 4) is 0 Å². The topological polar surface area (TPSA) is 42.9 Å². The second kappa shape index (κ2) is 3.71. The Morgan fingerprint density at radius 3 is 3.00 bits per heavy atom. The molecule has 10 heavy (non-hydrogen) atoms. The third-order valence-electron chi connectivity index (χ3n) is 1.20. The van der Waals surface area contributed by atoms with Crippen LogP contribution in [0.5, 0.6) is 0 Å². The zero-order valence-electron chi connectivity index (χ0n) is 5.53. The van der Waals surface area contributed by atoms with E-state index >= 15 is 0 Å². The van der Waals surface area contributed by atoms with Crippen LogP contribution >= 0.6 is 0 Å². The Kier molecular flexibility index (Phi) is 2.55. The first kappa shape index (κ1) is 6.86. The molecule has 0 radical (unpaired) electrons. The molecule has 0 amide bonds.